The van der Waals surface area contributed by atoms with Crippen LogP contribution in [0.3, 0.4) is 0 Å². The average Bonchev–Trinajstić information content (AvgIpc) is 2.76. The first-order valence-electron chi connectivity index (χ1n) is 6.47. The van der Waals surface area contributed by atoms with Crippen molar-refractivity contribution in [3.63, 3.8) is 0 Å². The fourth-order valence-corrected chi connectivity index (χ4v) is 3.57. The molecule has 0 aromatic carbocycles. The Labute approximate surface area is 108 Å². The predicted octanol–water partition coefficient (Wildman–Crippen LogP) is 2.58. The van der Waals surface area contributed by atoms with Crippen molar-refractivity contribution in [1.82, 2.24) is 14.9 Å². The monoisotopic (exact) mass is 253 g/mol. The Balaban J connectivity index is 1.82. The normalized spacial score (nSPS) is 19.4. The van der Waals surface area contributed by atoms with Crippen LogP contribution >= 0.6 is 11.8 Å². The first-order valence-corrected chi connectivity index (χ1v) is 7.69. The molecule has 0 bridgehead atoms. The van der Waals surface area contributed by atoms with Crippen LogP contribution in [0.15, 0.2) is 12.5 Å². The first kappa shape index (κ1) is 13.0. The molecule has 2 rings (SSSR count). The largest absolute Gasteiger partial charge is 0.337 e. The topological polar surface area (TPSA) is 29.9 Å². The summed E-state index contributed by atoms with van der Waals surface area (Å²) in [4.78, 5) is 4.14. The van der Waals surface area contributed by atoms with E-state index in [1.54, 1.807) is 0 Å². The number of rotatable bonds is 5. The van der Waals surface area contributed by atoms with Crippen LogP contribution in [0.4, 0.5) is 0 Å². The average molecular weight is 253 g/mol. The highest BCUT2D eigenvalue weighted by atomic mass is 32.2. The Hall–Kier alpha value is -0.480. The van der Waals surface area contributed by atoms with Crippen LogP contribution in [0.2, 0.25) is 0 Å². The van der Waals surface area contributed by atoms with Gasteiger partial charge in [-0.15, -0.1) is 0 Å². The van der Waals surface area contributed by atoms with Gasteiger partial charge in [0.2, 0.25) is 0 Å². The van der Waals surface area contributed by atoms with Gasteiger partial charge in [-0.05, 0) is 19.1 Å². The van der Waals surface area contributed by atoms with Gasteiger partial charge in [-0.3, -0.25) is 0 Å². The molecule has 0 saturated heterocycles. The Morgan fingerprint density at radius 1 is 1.41 bits per heavy atom. The van der Waals surface area contributed by atoms with Gasteiger partial charge in [0.1, 0.15) is 0 Å². The molecule has 0 unspecified atom stereocenters. The minimum absolute atomic E-state index is 0.483. The molecule has 0 amide bonds. The van der Waals surface area contributed by atoms with Gasteiger partial charge in [0.05, 0.1) is 12.0 Å². The van der Waals surface area contributed by atoms with Gasteiger partial charge in [0.15, 0.2) is 0 Å². The molecule has 0 aliphatic heterocycles. The van der Waals surface area contributed by atoms with Crippen LogP contribution in [-0.2, 0) is 13.6 Å². The first-order chi connectivity index (χ1) is 8.26. The number of nitrogens with one attached hydrogen (secondary N) is 1. The molecule has 1 fully saturated rings. The molecule has 96 valence electrons. The van der Waals surface area contributed by atoms with Gasteiger partial charge in [0.25, 0.3) is 0 Å². The number of imidazole rings is 1. The van der Waals surface area contributed by atoms with Gasteiger partial charge in [0, 0.05) is 31.1 Å². The zero-order valence-corrected chi connectivity index (χ0v) is 11.7. The van der Waals surface area contributed by atoms with Gasteiger partial charge in [-0.1, -0.05) is 19.3 Å². The van der Waals surface area contributed by atoms with E-state index in [1.165, 1.54) is 37.8 Å². The molecular formula is C13H23N3S. The highest BCUT2D eigenvalue weighted by molar-refractivity contribution is 8.00. The zero-order valence-electron chi connectivity index (χ0n) is 10.9. The van der Waals surface area contributed by atoms with Crippen LogP contribution in [0, 0.1) is 0 Å². The van der Waals surface area contributed by atoms with Gasteiger partial charge < -0.3 is 9.88 Å². The predicted molar refractivity (Wildman–Crippen MR) is 74.2 cm³/mol. The third-order valence-corrected chi connectivity index (χ3v) is 5.29. The summed E-state index contributed by atoms with van der Waals surface area (Å²) in [6.07, 6.45) is 13.0. The Kier molecular flexibility index (Phi) is 4.51. The maximum Gasteiger partial charge on any atom is 0.0945 e. The summed E-state index contributed by atoms with van der Waals surface area (Å²) in [6.45, 7) is 2.05. The van der Waals surface area contributed by atoms with E-state index < -0.39 is 0 Å². The van der Waals surface area contributed by atoms with Crippen molar-refractivity contribution >= 4 is 11.8 Å². The highest BCUT2D eigenvalue weighted by Crippen LogP contribution is 2.37. The second kappa shape index (κ2) is 5.91. The highest BCUT2D eigenvalue weighted by Gasteiger charge is 2.30. The van der Waals surface area contributed by atoms with E-state index in [9.17, 15) is 0 Å². The van der Waals surface area contributed by atoms with Crippen molar-refractivity contribution in [1.29, 1.82) is 0 Å². The number of aryl methyl sites for hydroxylation is 1. The molecule has 17 heavy (non-hydrogen) atoms. The van der Waals surface area contributed by atoms with Gasteiger partial charge >= 0.3 is 0 Å². The quantitative estimate of drug-likeness (QED) is 0.874. The number of aromatic nitrogens is 2. The second-order valence-corrected chi connectivity index (χ2v) is 6.32. The molecular weight excluding hydrogens is 230 g/mol. The zero-order chi connectivity index (χ0) is 12.1. The molecule has 4 heteroatoms. The molecule has 0 spiro atoms. The maximum absolute atomic E-state index is 4.14. The van der Waals surface area contributed by atoms with E-state index in [4.69, 9.17) is 0 Å². The summed E-state index contributed by atoms with van der Waals surface area (Å²) < 4.78 is 2.57. The summed E-state index contributed by atoms with van der Waals surface area (Å²) in [5.41, 5.74) is 1.26. The van der Waals surface area contributed by atoms with Crippen molar-refractivity contribution in [2.75, 3.05) is 12.8 Å². The lowest BCUT2D eigenvalue weighted by Gasteiger charge is -2.36. The standard InChI is InChI=1S/C13H23N3S/c1-16-11-15-9-12(16)8-14-10-13(17-2)6-4-3-5-7-13/h9,11,14H,3-8,10H2,1-2H3. The van der Waals surface area contributed by atoms with E-state index in [2.05, 4.69) is 28.2 Å². The van der Waals surface area contributed by atoms with E-state index >= 15 is 0 Å². The fraction of sp³-hybridized carbons (Fsp3) is 0.769. The third kappa shape index (κ3) is 3.26. The molecule has 1 aromatic rings. The van der Waals surface area contributed by atoms with E-state index in [0.717, 1.165) is 13.1 Å². The third-order valence-electron chi connectivity index (χ3n) is 3.87. The second-order valence-electron chi connectivity index (χ2n) is 5.05. The lowest BCUT2D eigenvalue weighted by molar-refractivity contribution is 0.378. The summed E-state index contributed by atoms with van der Waals surface area (Å²) >= 11 is 2.05. The van der Waals surface area contributed by atoms with Crippen LogP contribution in [0.25, 0.3) is 0 Å². The lowest BCUT2D eigenvalue weighted by Crippen LogP contribution is -2.39. The molecule has 1 aliphatic rings. The minimum Gasteiger partial charge on any atom is -0.337 e. The molecule has 1 aromatic heterocycles. The lowest BCUT2D eigenvalue weighted by atomic mass is 9.88. The van der Waals surface area contributed by atoms with Crippen LogP contribution in [0.5, 0.6) is 0 Å². The number of hydrogen-bond donors (Lipinski definition) is 1. The van der Waals surface area contributed by atoms with Crippen LogP contribution < -0.4 is 5.32 Å². The summed E-state index contributed by atoms with van der Waals surface area (Å²) in [5, 5.41) is 3.61. The maximum atomic E-state index is 4.14. The van der Waals surface area contributed by atoms with Crippen LogP contribution in [-0.4, -0.2) is 27.1 Å². The minimum atomic E-state index is 0.483. The van der Waals surface area contributed by atoms with Crippen molar-refractivity contribution in [3.05, 3.63) is 18.2 Å². The van der Waals surface area contributed by atoms with E-state index in [1.807, 2.05) is 24.3 Å². The SMILES string of the molecule is CSC1(CNCc2cncn2C)CCCCC1. The molecule has 0 atom stereocenters. The van der Waals surface area contributed by atoms with Crippen LogP contribution in [0.1, 0.15) is 37.8 Å². The molecule has 1 N–H and O–H groups in total. The van der Waals surface area contributed by atoms with Crippen molar-refractivity contribution in [2.45, 2.75) is 43.4 Å². The molecule has 1 heterocycles. The molecule has 1 saturated carbocycles. The smallest absolute Gasteiger partial charge is 0.0945 e. The summed E-state index contributed by atoms with van der Waals surface area (Å²) in [7, 11) is 2.05. The van der Waals surface area contributed by atoms with Crippen molar-refractivity contribution in [2.24, 2.45) is 7.05 Å². The number of hydrogen-bond acceptors (Lipinski definition) is 3. The van der Waals surface area contributed by atoms with Gasteiger partial charge in [-0.25, -0.2) is 4.98 Å². The summed E-state index contributed by atoms with van der Waals surface area (Å²) in [5.74, 6) is 0. The van der Waals surface area contributed by atoms with Crippen molar-refractivity contribution in [3.8, 4) is 0 Å². The molecule has 1 aliphatic carbocycles. The van der Waals surface area contributed by atoms with E-state index in [0.29, 0.717) is 4.75 Å². The Morgan fingerprint density at radius 3 is 2.76 bits per heavy atom. The van der Waals surface area contributed by atoms with Gasteiger partial charge in [-0.2, -0.15) is 11.8 Å². The number of nitrogens with zero attached hydrogens (tertiary/aromatic N) is 2. The van der Waals surface area contributed by atoms with Crippen molar-refractivity contribution < 1.29 is 0 Å². The van der Waals surface area contributed by atoms with E-state index in [-0.39, 0.29) is 0 Å². The Bertz CT molecular complexity index is 342. The summed E-state index contributed by atoms with van der Waals surface area (Å²) in [6, 6.07) is 0. The Morgan fingerprint density at radius 2 is 2.18 bits per heavy atom. The molecule has 3 nitrogen and oxygen atoms in total. The fourth-order valence-electron chi connectivity index (χ4n) is 2.62. The molecule has 0 radical (unpaired) electrons. The number of thioether (sulfide) groups is 1.